The molecule has 1 heterocycles. The second-order valence-electron chi connectivity index (χ2n) is 5.77. The molecule has 3 rings (SSSR count). The molecule has 0 radical (unpaired) electrons. The monoisotopic (exact) mass is 347 g/mol. The van der Waals surface area contributed by atoms with Crippen molar-refractivity contribution in [3.8, 4) is 0 Å². The van der Waals surface area contributed by atoms with Crippen LogP contribution in [0.4, 0.5) is 4.39 Å². The van der Waals surface area contributed by atoms with Crippen molar-refractivity contribution in [3.05, 3.63) is 58.0 Å². The summed E-state index contributed by atoms with van der Waals surface area (Å²) in [6.07, 6.45) is 2.62. The molecule has 24 heavy (non-hydrogen) atoms. The Bertz CT molecular complexity index is 711. The number of hydrogen-bond donors (Lipinski definition) is 1. The van der Waals surface area contributed by atoms with Gasteiger partial charge in [-0.25, -0.2) is 9.18 Å². The number of esters is 1. The number of thiophene rings is 1. The number of benzene rings is 1. The van der Waals surface area contributed by atoms with Gasteiger partial charge in [0.2, 0.25) is 6.10 Å². The van der Waals surface area contributed by atoms with Gasteiger partial charge in [0.15, 0.2) is 0 Å². The highest BCUT2D eigenvalue weighted by Gasteiger charge is 2.30. The molecule has 0 spiro atoms. The van der Waals surface area contributed by atoms with Crippen molar-refractivity contribution in [1.29, 1.82) is 0 Å². The van der Waals surface area contributed by atoms with Crippen molar-refractivity contribution >= 4 is 23.2 Å². The van der Waals surface area contributed by atoms with E-state index in [4.69, 9.17) is 4.74 Å². The van der Waals surface area contributed by atoms with Gasteiger partial charge in [-0.15, -0.1) is 11.3 Å². The molecule has 126 valence electrons. The number of ether oxygens (including phenoxy) is 1. The van der Waals surface area contributed by atoms with Gasteiger partial charge in [0.05, 0.1) is 0 Å². The first-order valence-corrected chi connectivity index (χ1v) is 8.82. The van der Waals surface area contributed by atoms with Gasteiger partial charge in [-0.3, -0.25) is 4.79 Å². The molecule has 1 aliphatic carbocycles. The maximum atomic E-state index is 14.1. The van der Waals surface area contributed by atoms with Crippen LogP contribution in [-0.2, 0) is 9.53 Å². The summed E-state index contributed by atoms with van der Waals surface area (Å²) in [6.45, 7) is 0. The summed E-state index contributed by atoms with van der Waals surface area (Å²) >= 11 is 1.22. The third kappa shape index (κ3) is 3.82. The summed E-state index contributed by atoms with van der Waals surface area (Å²) in [6, 6.07) is 9.27. The molecule has 1 atom stereocenters. The third-order valence-corrected chi connectivity index (χ3v) is 4.92. The SMILES string of the molecule is O=C(O[C@H](C(=O)NC1CCCC1)c1ccccc1F)c1cccs1. The van der Waals surface area contributed by atoms with Crippen LogP contribution < -0.4 is 5.32 Å². The third-order valence-electron chi connectivity index (χ3n) is 4.07. The molecule has 1 aromatic heterocycles. The Hall–Kier alpha value is -2.21. The second kappa shape index (κ2) is 7.57. The van der Waals surface area contributed by atoms with Gasteiger partial charge in [0.25, 0.3) is 5.91 Å². The predicted octanol–water partition coefficient (Wildman–Crippen LogP) is 3.84. The van der Waals surface area contributed by atoms with Crippen LogP contribution in [-0.4, -0.2) is 17.9 Å². The molecule has 0 saturated heterocycles. The largest absolute Gasteiger partial charge is 0.443 e. The topological polar surface area (TPSA) is 55.4 Å². The summed E-state index contributed by atoms with van der Waals surface area (Å²) in [7, 11) is 0. The van der Waals surface area contributed by atoms with E-state index in [1.165, 1.54) is 29.5 Å². The van der Waals surface area contributed by atoms with Crippen molar-refractivity contribution in [2.45, 2.75) is 37.8 Å². The highest BCUT2D eigenvalue weighted by Crippen LogP contribution is 2.25. The van der Waals surface area contributed by atoms with Crippen LogP contribution in [0.2, 0.25) is 0 Å². The highest BCUT2D eigenvalue weighted by atomic mass is 32.1. The van der Waals surface area contributed by atoms with Crippen LogP contribution >= 0.6 is 11.3 Å². The fraction of sp³-hybridized carbons (Fsp3) is 0.333. The van der Waals surface area contributed by atoms with Gasteiger partial charge >= 0.3 is 5.97 Å². The molecule has 4 nitrogen and oxygen atoms in total. The molecular weight excluding hydrogens is 329 g/mol. The molecule has 1 N–H and O–H groups in total. The standard InChI is InChI=1S/C18H18FNO3S/c19-14-9-4-3-8-13(14)16(17(21)20-12-6-1-2-7-12)23-18(22)15-10-5-11-24-15/h3-5,8-12,16H,1-2,6-7H2,(H,20,21)/t16-/m0/s1. The van der Waals surface area contributed by atoms with Gasteiger partial charge in [-0.05, 0) is 30.4 Å². The quantitative estimate of drug-likeness (QED) is 0.836. The number of amides is 1. The van der Waals surface area contributed by atoms with Crippen LogP contribution in [0.3, 0.4) is 0 Å². The van der Waals surface area contributed by atoms with E-state index in [-0.39, 0.29) is 11.6 Å². The fourth-order valence-corrected chi connectivity index (χ4v) is 3.46. The van der Waals surface area contributed by atoms with Crippen LogP contribution in [0.25, 0.3) is 0 Å². The van der Waals surface area contributed by atoms with Gasteiger partial charge < -0.3 is 10.1 Å². The number of halogens is 1. The number of carbonyl (C=O) groups is 2. The van der Waals surface area contributed by atoms with Crippen molar-refractivity contribution in [2.24, 2.45) is 0 Å². The molecule has 0 aliphatic heterocycles. The smallest absolute Gasteiger partial charge is 0.349 e. The van der Waals surface area contributed by atoms with Gasteiger partial charge in [-0.2, -0.15) is 0 Å². The van der Waals surface area contributed by atoms with E-state index < -0.39 is 23.8 Å². The zero-order valence-electron chi connectivity index (χ0n) is 13.0. The van der Waals surface area contributed by atoms with E-state index in [1.54, 1.807) is 23.6 Å². The normalized spacial score (nSPS) is 15.9. The molecule has 0 unspecified atom stereocenters. The van der Waals surface area contributed by atoms with Crippen molar-refractivity contribution in [1.82, 2.24) is 5.32 Å². The minimum atomic E-state index is -1.29. The minimum Gasteiger partial charge on any atom is -0.443 e. The minimum absolute atomic E-state index is 0.0622. The first kappa shape index (κ1) is 16.6. The molecule has 1 fully saturated rings. The predicted molar refractivity (Wildman–Crippen MR) is 89.3 cm³/mol. The molecule has 0 bridgehead atoms. The summed E-state index contributed by atoms with van der Waals surface area (Å²) in [5, 5.41) is 4.62. The maximum absolute atomic E-state index is 14.1. The molecule has 1 amide bonds. The first-order chi connectivity index (χ1) is 11.6. The van der Waals surface area contributed by atoms with Gasteiger partial charge in [0, 0.05) is 11.6 Å². The summed E-state index contributed by atoms with van der Waals surface area (Å²) in [5.74, 6) is -1.67. The lowest BCUT2D eigenvalue weighted by atomic mass is 10.1. The Balaban J connectivity index is 1.81. The van der Waals surface area contributed by atoms with Crippen molar-refractivity contribution < 1.29 is 18.7 Å². The average molecular weight is 347 g/mol. The fourth-order valence-electron chi connectivity index (χ4n) is 2.85. The highest BCUT2D eigenvalue weighted by molar-refractivity contribution is 7.11. The molecule has 2 aromatic rings. The Morgan fingerprint density at radius 1 is 1.17 bits per heavy atom. The Morgan fingerprint density at radius 3 is 2.58 bits per heavy atom. The lowest BCUT2D eigenvalue weighted by molar-refractivity contribution is -0.131. The van der Waals surface area contributed by atoms with Crippen molar-refractivity contribution in [3.63, 3.8) is 0 Å². The second-order valence-corrected chi connectivity index (χ2v) is 6.72. The summed E-state index contributed by atoms with van der Waals surface area (Å²) in [4.78, 5) is 25.2. The summed E-state index contributed by atoms with van der Waals surface area (Å²) in [5.41, 5.74) is 0.0675. The lowest BCUT2D eigenvalue weighted by Gasteiger charge is -2.20. The molecule has 1 aromatic carbocycles. The van der Waals surface area contributed by atoms with E-state index in [9.17, 15) is 14.0 Å². The Morgan fingerprint density at radius 2 is 1.92 bits per heavy atom. The molecule has 6 heteroatoms. The summed E-state index contributed by atoms with van der Waals surface area (Å²) < 4.78 is 19.5. The number of carbonyl (C=O) groups excluding carboxylic acids is 2. The average Bonchev–Trinajstić information content (AvgIpc) is 3.26. The van der Waals surface area contributed by atoms with Gasteiger partial charge in [-0.1, -0.05) is 37.1 Å². The van der Waals surface area contributed by atoms with E-state index in [1.807, 2.05) is 0 Å². The molecule has 1 saturated carbocycles. The zero-order chi connectivity index (χ0) is 16.9. The van der Waals surface area contributed by atoms with E-state index in [0.717, 1.165) is 25.7 Å². The Labute approximate surface area is 143 Å². The first-order valence-electron chi connectivity index (χ1n) is 7.94. The lowest BCUT2D eigenvalue weighted by Crippen LogP contribution is -2.38. The molecule has 1 aliphatic rings. The number of nitrogens with one attached hydrogen (secondary N) is 1. The number of rotatable bonds is 5. The van der Waals surface area contributed by atoms with E-state index in [2.05, 4.69) is 5.32 Å². The number of hydrogen-bond acceptors (Lipinski definition) is 4. The Kier molecular flexibility index (Phi) is 5.25. The zero-order valence-corrected chi connectivity index (χ0v) is 13.9. The van der Waals surface area contributed by atoms with Crippen LogP contribution in [0.5, 0.6) is 0 Å². The van der Waals surface area contributed by atoms with E-state index >= 15 is 0 Å². The van der Waals surface area contributed by atoms with Crippen LogP contribution in [0.1, 0.15) is 47.0 Å². The van der Waals surface area contributed by atoms with Crippen LogP contribution in [0, 0.1) is 5.82 Å². The van der Waals surface area contributed by atoms with Crippen LogP contribution in [0.15, 0.2) is 41.8 Å². The maximum Gasteiger partial charge on any atom is 0.349 e. The van der Waals surface area contributed by atoms with Crippen molar-refractivity contribution in [2.75, 3.05) is 0 Å². The van der Waals surface area contributed by atoms with Gasteiger partial charge in [0.1, 0.15) is 10.7 Å². The molecular formula is C18H18FNO3S. The van der Waals surface area contributed by atoms with E-state index in [0.29, 0.717) is 4.88 Å².